The fraction of sp³-hybridized carbons (Fsp3) is 0.588. The van der Waals surface area contributed by atoms with Gasteiger partial charge in [0.05, 0.1) is 11.7 Å². The van der Waals surface area contributed by atoms with E-state index < -0.39 is 0 Å². The van der Waals surface area contributed by atoms with Crippen LogP contribution in [0.2, 0.25) is 0 Å². The fourth-order valence-corrected chi connectivity index (χ4v) is 3.55. The van der Waals surface area contributed by atoms with Crippen LogP contribution in [0.3, 0.4) is 0 Å². The smallest absolute Gasteiger partial charge is 0.0706 e. The Bertz CT molecular complexity index is 581. The molecule has 21 heavy (non-hydrogen) atoms. The number of aromatic nitrogens is 2. The van der Waals surface area contributed by atoms with Gasteiger partial charge in [-0.1, -0.05) is 25.3 Å². The van der Waals surface area contributed by atoms with Crippen molar-refractivity contribution in [3.05, 3.63) is 36.2 Å². The zero-order chi connectivity index (χ0) is 14.7. The lowest BCUT2D eigenvalue weighted by Crippen LogP contribution is -2.52. The summed E-state index contributed by atoms with van der Waals surface area (Å²) in [5, 5.41) is 8.08. The molecule has 0 amide bonds. The minimum atomic E-state index is 0.335. The van der Waals surface area contributed by atoms with Crippen LogP contribution in [0, 0.1) is 0 Å². The second-order valence-electron chi connectivity index (χ2n) is 6.48. The van der Waals surface area contributed by atoms with E-state index in [4.69, 9.17) is 0 Å². The minimum Gasteiger partial charge on any atom is -0.311 e. The molecule has 1 fully saturated rings. The molecule has 1 N–H and O–H groups in total. The van der Waals surface area contributed by atoms with Crippen molar-refractivity contribution < 1.29 is 0 Å². The summed E-state index contributed by atoms with van der Waals surface area (Å²) in [6.45, 7) is 1.95. The Labute approximate surface area is 127 Å². The topological polar surface area (TPSA) is 32.6 Å². The Morgan fingerprint density at radius 2 is 2.05 bits per heavy atom. The van der Waals surface area contributed by atoms with Gasteiger partial charge in [-0.2, -0.15) is 5.10 Å². The van der Waals surface area contributed by atoms with Crippen LogP contribution in [0.1, 0.15) is 37.7 Å². The van der Waals surface area contributed by atoms with Gasteiger partial charge in [0, 0.05) is 30.4 Å². The number of hydrogen-bond donors (Lipinski definition) is 1. The summed E-state index contributed by atoms with van der Waals surface area (Å²) in [5.74, 6) is 0. The highest BCUT2D eigenvalue weighted by Gasteiger charge is 2.33. The summed E-state index contributed by atoms with van der Waals surface area (Å²) in [5.41, 5.74) is 2.81. The first-order chi connectivity index (χ1) is 10.2. The Hall–Kier alpha value is -1.39. The summed E-state index contributed by atoms with van der Waals surface area (Å²) in [6, 6.07) is 6.22. The van der Waals surface area contributed by atoms with Gasteiger partial charge in [-0.15, -0.1) is 0 Å². The van der Waals surface area contributed by atoms with Gasteiger partial charge >= 0.3 is 0 Å². The number of rotatable bonds is 5. The zero-order valence-electron chi connectivity index (χ0n) is 13.2. The van der Waals surface area contributed by atoms with Gasteiger partial charge in [0.15, 0.2) is 0 Å². The molecule has 0 saturated heterocycles. The largest absolute Gasteiger partial charge is 0.311 e. The zero-order valence-corrected chi connectivity index (χ0v) is 13.2. The SMILES string of the molecule is CN(C)C1(CNCc2cnn3ccccc23)CCCCC1. The molecule has 4 nitrogen and oxygen atoms in total. The molecule has 114 valence electrons. The van der Waals surface area contributed by atoms with Gasteiger partial charge in [0.25, 0.3) is 0 Å². The first kappa shape index (κ1) is 14.5. The molecule has 1 aliphatic rings. The van der Waals surface area contributed by atoms with E-state index in [-0.39, 0.29) is 0 Å². The van der Waals surface area contributed by atoms with E-state index >= 15 is 0 Å². The number of likely N-dealkylation sites (N-methyl/N-ethyl adjacent to an activating group) is 1. The average molecular weight is 286 g/mol. The molecule has 0 unspecified atom stereocenters. The summed E-state index contributed by atoms with van der Waals surface area (Å²) in [7, 11) is 4.45. The van der Waals surface area contributed by atoms with E-state index in [9.17, 15) is 0 Å². The van der Waals surface area contributed by atoms with E-state index in [0.717, 1.165) is 13.1 Å². The van der Waals surface area contributed by atoms with Crippen LogP contribution in [0.25, 0.3) is 5.52 Å². The van der Waals surface area contributed by atoms with Gasteiger partial charge in [0.2, 0.25) is 0 Å². The van der Waals surface area contributed by atoms with Crippen molar-refractivity contribution >= 4 is 5.52 Å². The molecule has 1 aliphatic carbocycles. The summed E-state index contributed by atoms with van der Waals surface area (Å²) >= 11 is 0. The van der Waals surface area contributed by atoms with Crippen molar-refractivity contribution in [1.82, 2.24) is 19.8 Å². The molecule has 2 heterocycles. The van der Waals surface area contributed by atoms with Gasteiger partial charge in [0.1, 0.15) is 0 Å². The average Bonchev–Trinajstić information content (AvgIpc) is 2.92. The molecule has 0 atom stereocenters. The number of nitrogens with zero attached hydrogens (tertiary/aromatic N) is 3. The van der Waals surface area contributed by atoms with E-state index in [2.05, 4.69) is 41.5 Å². The fourth-order valence-electron chi connectivity index (χ4n) is 3.55. The highest BCUT2D eigenvalue weighted by molar-refractivity contribution is 5.53. The first-order valence-corrected chi connectivity index (χ1v) is 8.01. The third-order valence-corrected chi connectivity index (χ3v) is 5.01. The molecular formula is C17H26N4. The second-order valence-corrected chi connectivity index (χ2v) is 6.48. The summed E-state index contributed by atoms with van der Waals surface area (Å²) < 4.78 is 1.94. The molecule has 0 spiro atoms. The van der Waals surface area contributed by atoms with Crippen molar-refractivity contribution in [3.63, 3.8) is 0 Å². The monoisotopic (exact) mass is 286 g/mol. The van der Waals surface area contributed by atoms with Crippen LogP contribution in [-0.2, 0) is 6.54 Å². The summed E-state index contributed by atoms with van der Waals surface area (Å²) in [4.78, 5) is 2.43. The van der Waals surface area contributed by atoms with Crippen LogP contribution in [-0.4, -0.2) is 40.7 Å². The Balaban J connectivity index is 1.64. The molecule has 1 saturated carbocycles. The summed E-state index contributed by atoms with van der Waals surface area (Å²) in [6.07, 6.45) is 10.7. The van der Waals surface area contributed by atoms with Crippen LogP contribution in [0.4, 0.5) is 0 Å². The van der Waals surface area contributed by atoms with Crippen LogP contribution >= 0.6 is 0 Å². The molecule has 4 heteroatoms. The maximum Gasteiger partial charge on any atom is 0.0706 e. The van der Waals surface area contributed by atoms with Crippen molar-refractivity contribution in [3.8, 4) is 0 Å². The molecule has 0 radical (unpaired) electrons. The molecule has 0 aliphatic heterocycles. The third-order valence-electron chi connectivity index (χ3n) is 5.01. The quantitative estimate of drug-likeness (QED) is 0.917. The van der Waals surface area contributed by atoms with E-state index in [1.807, 2.05) is 23.0 Å². The molecular weight excluding hydrogens is 260 g/mol. The highest BCUT2D eigenvalue weighted by Crippen LogP contribution is 2.31. The lowest BCUT2D eigenvalue weighted by molar-refractivity contribution is 0.0984. The van der Waals surface area contributed by atoms with E-state index in [0.29, 0.717) is 5.54 Å². The lowest BCUT2D eigenvalue weighted by atomic mass is 9.80. The van der Waals surface area contributed by atoms with Crippen molar-refractivity contribution in [2.24, 2.45) is 0 Å². The number of nitrogens with one attached hydrogen (secondary N) is 1. The number of fused-ring (bicyclic) bond motifs is 1. The Morgan fingerprint density at radius 1 is 1.24 bits per heavy atom. The number of pyridine rings is 1. The predicted molar refractivity (Wildman–Crippen MR) is 86.4 cm³/mol. The van der Waals surface area contributed by atoms with Crippen LogP contribution in [0.5, 0.6) is 0 Å². The maximum atomic E-state index is 4.40. The normalized spacial score (nSPS) is 18.4. The van der Waals surface area contributed by atoms with Crippen LogP contribution < -0.4 is 5.32 Å². The van der Waals surface area contributed by atoms with Crippen LogP contribution in [0.15, 0.2) is 30.6 Å². The lowest BCUT2D eigenvalue weighted by Gasteiger charge is -2.43. The maximum absolute atomic E-state index is 4.40. The minimum absolute atomic E-state index is 0.335. The van der Waals surface area contributed by atoms with Crippen molar-refractivity contribution in [2.75, 3.05) is 20.6 Å². The Kier molecular flexibility index (Phi) is 4.27. The number of hydrogen-bond acceptors (Lipinski definition) is 3. The van der Waals surface area contributed by atoms with Crippen molar-refractivity contribution in [2.45, 2.75) is 44.2 Å². The van der Waals surface area contributed by atoms with E-state index in [1.165, 1.54) is 43.2 Å². The second kappa shape index (κ2) is 6.16. The van der Waals surface area contributed by atoms with Crippen molar-refractivity contribution in [1.29, 1.82) is 0 Å². The predicted octanol–water partition coefficient (Wildman–Crippen LogP) is 2.69. The molecule has 3 rings (SSSR count). The van der Waals surface area contributed by atoms with Gasteiger partial charge in [-0.05, 0) is 39.1 Å². The van der Waals surface area contributed by atoms with Gasteiger partial charge in [-0.3, -0.25) is 0 Å². The third kappa shape index (κ3) is 2.97. The van der Waals surface area contributed by atoms with E-state index in [1.54, 1.807) is 0 Å². The standard InChI is InChI=1S/C17H26N4/c1-20(2)17(9-5-3-6-10-17)14-18-12-15-13-19-21-11-7-4-8-16(15)21/h4,7-8,11,13,18H,3,5-6,9-10,12,14H2,1-2H3. The Morgan fingerprint density at radius 3 is 2.81 bits per heavy atom. The molecule has 0 bridgehead atoms. The van der Waals surface area contributed by atoms with Gasteiger partial charge in [-0.25, -0.2) is 4.52 Å². The highest BCUT2D eigenvalue weighted by atomic mass is 15.2. The molecule has 2 aromatic rings. The molecule has 0 aromatic carbocycles. The van der Waals surface area contributed by atoms with Gasteiger partial charge < -0.3 is 10.2 Å². The first-order valence-electron chi connectivity index (χ1n) is 8.01. The molecule has 2 aromatic heterocycles.